The minimum atomic E-state index is -5.09. The third kappa shape index (κ3) is 4.36. The molecule has 0 fully saturated rings. The quantitative estimate of drug-likeness (QED) is 0.802. The maximum atomic E-state index is 13.6. The molecule has 1 aromatic carbocycles. The summed E-state index contributed by atoms with van der Waals surface area (Å²) in [6.07, 6.45) is -3.91. The Bertz CT molecular complexity index is 825. The maximum absolute atomic E-state index is 13.6. The van der Waals surface area contributed by atoms with Gasteiger partial charge in [0.25, 0.3) is 0 Å². The zero-order valence-corrected chi connectivity index (χ0v) is 15.7. The summed E-state index contributed by atoms with van der Waals surface area (Å²) in [7, 11) is 4.07. The number of hydrogen-bond donors (Lipinski definition) is 1. The van der Waals surface area contributed by atoms with E-state index in [-0.39, 0.29) is 6.54 Å². The van der Waals surface area contributed by atoms with E-state index in [4.69, 9.17) is 16.3 Å². The lowest BCUT2D eigenvalue weighted by atomic mass is 9.96. The minimum Gasteiger partial charge on any atom is -0.496 e. The van der Waals surface area contributed by atoms with Crippen LogP contribution >= 0.6 is 11.6 Å². The number of rotatable bonds is 6. The van der Waals surface area contributed by atoms with Crippen molar-refractivity contribution in [1.82, 2.24) is 14.5 Å². The van der Waals surface area contributed by atoms with Gasteiger partial charge in [-0.2, -0.15) is 13.2 Å². The summed E-state index contributed by atoms with van der Waals surface area (Å²) >= 11 is 5.93. The van der Waals surface area contributed by atoms with Gasteiger partial charge in [-0.3, -0.25) is 4.79 Å². The van der Waals surface area contributed by atoms with E-state index in [1.54, 1.807) is 18.2 Å². The summed E-state index contributed by atoms with van der Waals surface area (Å²) in [4.78, 5) is 17.1. The van der Waals surface area contributed by atoms with Crippen LogP contribution in [0.5, 0.6) is 5.75 Å². The number of aliphatic hydroxyl groups is 1. The van der Waals surface area contributed by atoms with Gasteiger partial charge in [-0.25, -0.2) is 4.98 Å². The van der Waals surface area contributed by atoms with Gasteiger partial charge in [0, 0.05) is 43.6 Å². The molecule has 1 N–H and O–H groups in total. The number of ether oxygens (including phenoxy) is 1. The number of nitrogens with zero attached hydrogens (tertiary/aromatic N) is 3. The van der Waals surface area contributed by atoms with E-state index in [0.29, 0.717) is 16.3 Å². The van der Waals surface area contributed by atoms with Gasteiger partial charge >= 0.3 is 6.18 Å². The number of halogens is 4. The highest BCUT2D eigenvalue weighted by Crippen LogP contribution is 2.41. The Hall–Kier alpha value is -2.26. The Morgan fingerprint density at radius 2 is 2.07 bits per heavy atom. The molecule has 1 aromatic heterocycles. The average molecular weight is 406 g/mol. The van der Waals surface area contributed by atoms with Gasteiger partial charge in [-0.15, -0.1) is 0 Å². The minimum absolute atomic E-state index is 0.0446. The SMILES string of the molecule is COc1ccc(Cl)cc1CN(C)C(=O)CC(O)(c1nccn1C)C(F)(F)F. The van der Waals surface area contributed by atoms with Crippen LogP contribution in [-0.4, -0.2) is 45.8 Å². The van der Waals surface area contributed by atoms with Crippen molar-refractivity contribution in [2.24, 2.45) is 7.05 Å². The topological polar surface area (TPSA) is 67.6 Å². The van der Waals surface area contributed by atoms with Crippen LogP contribution in [-0.2, 0) is 24.0 Å². The molecule has 0 radical (unpaired) electrons. The number of benzene rings is 1. The van der Waals surface area contributed by atoms with Crippen LogP contribution in [0.4, 0.5) is 13.2 Å². The van der Waals surface area contributed by atoms with Gasteiger partial charge in [0.05, 0.1) is 13.5 Å². The molecule has 27 heavy (non-hydrogen) atoms. The van der Waals surface area contributed by atoms with Crippen LogP contribution in [0.2, 0.25) is 5.02 Å². The number of carbonyl (C=O) groups excluding carboxylic acids is 1. The largest absolute Gasteiger partial charge is 0.496 e. The van der Waals surface area contributed by atoms with Crippen LogP contribution in [0.1, 0.15) is 17.8 Å². The van der Waals surface area contributed by atoms with Gasteiger partial charge in [-0.05, 0) is 18.2 Å². The smallest absolute Gasteiger partial charge is 0.425 e. The zero-order valence-electron chi connectivity index (χ0n) is 14.9. The molecule has 6 nitrogen and oxygen atoms in total. The van der Waals surface area contributed by atoms with E-state index in [9.17, 15) is 23.1 Å². The van der Waals surface area contributed by atoms with Crippen molar-refractivity contribution in [2.45, 2.75) is 24.7 Å². The van der Waals surface area contributed by atoms with Crippen molar-refractivity contribution >= 4 is 17.5 Å². The number of aromatic nitrogens is 2. The maximum Gasteiger partial charge on any atom is 0.425 e. The van der Waals surface area contributed by atoms with Crippen LogP contribution in [0.25, 0.3) is 0 Å². The number of alkyl halides is 3. The third-order valence-corrected chi connectivity index (χ3v) is 4.38. The predicted molar refractivity (Wildman–Crippen MR) is 92.3 cm³/mol. The number of methoxy groups -OCH3 is 1. The molecular formula is C17H19ClF3N3O3. The van der Waals surface area contributed by atoms with Gasteiger partial charge < -0.3 is 19.3 Å². The van der Waals surface area contributed by atoms with Gasteiger partial charge in [0.15, 0.2) is 5.82 Å². The van der Waals surface area contributed by atoms with Gasteiger partial charge in [-0.1, -0.05) is 11.6 Å². The molecule has 148 valence electrons. The molecule has 1 unspecified atom stereocenters. The van der Waals surface area contributed by atoms with Crippen molar-refractivity contribution in [3.63, 3.8) is 0 Å². The summed E-state index contributed by atoms with van der Waals surface area (Å²) < 4.78 is 46.9. The second kappa shape index (κ2) is 7.77. The monoisotopic (exact) mass is 405 g/mol. The average Bonchev–Trinajstić information content (AvgIpc) is 3.00. The first-order chi connectivity index (χ1) is 12.5. The molecule has 0 bridgehead atoms. The highest BCUT2D eigenvalue weighted by Gasteiger charge is 2.58. The summed E-state index contributed by atoms with van der Waals surface area (Å²) in [5, 5.41) is 10.7. The lowest BCUT2D eigenvalue weighted by molar-refractivity contribution is -0.271. The fourth-order valence-electron chi connectivity index (χ4n) is 2.64. The molecule has 0 saturated carbocycles. The Balaban J connectivity index is 2.26. The molecular weight excluding hydrogens is 387 g/mol. The molecule has 0 aliphatic carbocycles. The van der Waals surface area contributed by atoms with Crippen molar-refractivity contribution in [1.29, 1.82) is 0 Å². The van der Waals surface area contributed by atoms with Crippen molar-refractivity contribution in [3.05, 3.63) is 47.0 Å². The molecule has 1 heterocycles. The van der Waals surface area contributed by atoms with E-state index < -0.39 is 29.9 Å². The number of hydrogen-bond acceptors (Lipinski definition) is 4. The first kappa shape index (κ1) is 21.0. The first-order valence-corrected chi connectivity index (χ1v) is 8.20. The molecule has 0 aliphatic heterocycles. The highest BCUT2D eigenvalue weighted by molar-refractivity contribution is 6.30. The lowest BCUT2D eigenvalue weighted by Crippen LogP contribution is -2.48. The standard InChI is InChI=1S/C17H19ClF3N3O3/c1-23-7-6-22-15(23)16(26,17(19,20)21)9-14(25)24(2)10-11-8-12(18)4-5-13(11)27-3/h4-8,26H,9-10H2,1-3H3. The summed E-state index contributed by atoms with van der Waals surface area (Å²) in [5.74, 6) is -1.13. The highest BCUT2D eigenvalue weighted by atomic mass is 35.5. The van der Waals surface area contributed by atoms with Crippen LogP contribution in [0.3, 0.4) is 0 Å². The number of aryl methyl sites for hydroxylation is 1. The van der Waals surface area contributed by atoms with Gasteiger partial charge in [0.1, 0.15) is 5.75 Å². The fourth-order valence-corrected chi connectivity index (χ4v) is 2.83. The number of carbonyl (C=O) groups is 1. The van der Waals surface area contributed by atoms with Crippen LogP contribution in [0, 0.1) is 0 Å². The van der Waals surface area contributed by atoms with E-state index in [1.165, 1.54) is 27.4 Å². The van der Waals surface area contributed by atoms with Crippen LogP contribution < -0.4 is 4.74 Å². The molecule has 1 atom stereocenters. The predicted octanol–water partition coefficient (Wildman–Crippen LogP) is 2.88. The van der Waals surface area contributed by atoms with E-state index in [2.05, 4.69) is 4.98 Å². The van der Waals surface area contributed by atoms with Crippen molar-refractivity contribution < 1.29 is 27.8 Å². The lowest BCUT2D eigenvalue weighted by Gasteiger charge is -2.31. The second-order valence-electron chi connectivity index (χ2n) is 6.10. The third-order valence-electron chi connectivity index (χ3n) is 4.14. The molecule has 10 heteroatoms. The first-order valence-electron chi connectivity index (χ1n) is 7.83. The van der Waals surface area contributed by atoms with Gasteiger partial charge in [0.2, 0.25) is 11.5 Å². The number of imidazole rings is 1. The molecule has 0 spiro atoms. The van der Waals surface area contributed by atoms with E-state index >= 15 is 0 Å². The zero-order chi connectivity index (χ0) is 20.4. The molecule has 1 amide bonds. The van der Waals surface area contributed by atoms with E-state index in [0.717, 1.165) is 15.7 Å². The number of amides is 1. The Kier molecular flexibility index (Phi) is 6.06. The van der Waals surface area contributed by atoms with E-state index in [1.807, 2.05) is 0 Å². The molecule has 0 saturated heterocycles. The molecule has 2 aromatic rings. The Morgan fingerprint density at radius 1 is 1.41 bits per heavy atom. The summed E-state index contributed by atoms with van der Waals surface area (Å²) in [5.41, 5.74) is -2.89. The Labute approximate surface area is 159 Å². The van der Waals surface area contributed by atoms with Crippen LogP contribution in [0.15, 0.2) is 30.6 Å². The summed E-state index contributed by atoms with van der Waals surface area (Å²) in [6, 6.07) is 4.74. The fraction of sp³-hybridized carbons (Fsp3) is 0.412. The molecule has 2 rings (SSSR count). The molecule has 0 aliphatic rings. The summed E-state index contributed by atoms with van der Waals surface area (Å²) in [6.45, 7) is -0.0446. The van der Waals surface area contributed by atoms with Crippen molar-refractivity contribution in [2.75, 3.05) is 14.2 Å². The Morgan fingerprint density at radius 3 is 2.59 bits per heavy atom. The normalized spacial score (nSPS) is 13.9. The second-order valence-corrected chi connectivity index (χ2v) is 6.54. The van der Waals surface area contributed by atoms with Crippen molar-refractivity contribution in [3.8, 4) is 5.75 Å².